The molecule has 0 aromatic carbocycles. The summed E-state index contributed by atoms with van der Waals surface area (Å²) in [6.45, 7) is 1.88. The number of aliphatic hydroxyl groups is 1. The molecule has 2 aromatic heterocycles. The van der Waals surface area contributed by atoms with Crippen LogP contribution in [-0.2, 0) is 6.42 Å². The average Bonchev–Trinajstić information content (AvgIpc) is 2.87. The molecule has 2 aromatic rings. The first-order valence-corrected chi connectivity index (χ1v) is 5.94. The first-order chi connectivity index (χ1) is 7.69. The van der Waals surface area contributed by atoms with Crippen LogP contribution in [0.2, 0.25) is 0 Å². The minimum absolute atomic E-state index is 0.0191. The molecule has 0 aliphatic rings. The Morgan fingerprint density at radius 2 is 2.38 bits per heavy atom. The number of nitrogens with two attached hydrogens (primary N) is 1. The highest BCUT2D eigenvalue weighted by Crippen LogP contribution is 2.24. The fourth-order valence-corrected chi connectivity index (χ4v) is 2.26. The maximum atomic E-state index is 8.86. The normalized spacial score (nSPS) is 12.9. The molecule has 16 heavy (non-hydrogen) atoms. The number of thiazole rings is 1. The fourth-order valence-electron chi connectivity index (χ4n) is 1.38. The van der Waals surface area contributed by atoms with Crippen molar-refractivity contribution in [1.29, 1.82) is 0 Å². The largest absolute Gasteiger partial charge is 0.460 e. The van der Waals surface area contributed by atoms with Crippen molar-refractivity contribution in [2.24, 2.45) is 5.73 Å². The zero-order chi connectivity index (χ0) is 11.5. The molecule has 0 aliphatic heterocycles. The van der Waals surface area contributed by atoms with Gasteiger partial charge in [-0.3, -0.25) is 0 Å². The van der Waals surface area contributed by atoms with E-state index in [4.69, 9.17) is 15.3 Å². The molecular weight excluding hydrogens is 224 g/mol. The Morgan fingerprint density at radius 3 is 3.00 bits per heavy atom. The second-order valence-corrected chi connectivity index (χ2v) is 4.63. The van der Waals surface area contributed by atoms with Crippen LogP contribution in [0.1, 0.15) is 10.8 Å². The van der Waals surface area contributed by atoms with Gasteiger partial charge in [-0.15, -0.1) is 11.3 Å². The van der Waals surface area contributed by atoms with E-state index in [1.165, 1.54) is 11.3 Å². The lowest BCUT2D eigenvalue weighted by Crippen LogP contribution is -2.26. The standard InChI is InChI=1S/C11H14N2O2S/c1-7-2-3-10(15-7)9-6-16-11(13-9)4-8(12)5-14/h2-3,6,8,14H,4-5,12H2,1H3. The molecule has 0 amide bonds. The van der Waals surface area contributed by atoms with Crippen LogP contribution in [0.15, 0.2) is 21.9 Å². The zero-order valence-corrected chi connectivity index (χ0v) is 9.83. The van der Waals surface area contributed by atoms with Gasteiger partial charge in [-0.05, 0) is 19.1 Å². The molecule has 0 saturated carbocycles. The van der Waals surface area contributed by atoms with Gasteiger partial charge in [-0.2, -0.15) is 0 Å². The number of hydrogen-bond acceptors (Lipinski definition) is 5. The van der Waals surface area contributed by atoms with Gasteiger partial charge in [0.1, 0.15) is 11.5 Å². The molecule has 0 aliphatic carbocycles. The smallest absolute Gasteiger partial charge is 0.153 e. The van der Waals surface area contributed by atoms with E-state index < -0.39 is 0 Å². The first kappa shape index (κ1) is 11.3. The Labute approximate surface area is 97.7 Å². The third kappa shape index (κ3) is 2.49. The summed E-state index contributed by atoms with van der Waals surface area (Å²) in [5.41, 5.74) is 6.48. The van der Waals surface area contributed by atoms with Crippen LogP contribution in [0, 0.1) is 6.92 Å². The second-order valence-electron chi connectivity index (χ2n) is 3.68. The summed E-state index contributed by atoms with van der Waals surface area (Å²) in [5.74, 6) is 1.65. The van der Waals surface area contributed by atoms with E-state index in [0.717, 1.165) is 22.2 Å². The van der Waals surface area contributed by atoms with Gasteiger partial charge >= 0.3 is 0 Å². The molecule has 86 valence electrons. The first-order valence-electron chi connectivity index (χ1n) is 5.06. The number of aryl methyl sites for hydroxylation is 1. The molecule has 1 unspecified atom stereocenters. The van der Waals surface area contributed by atoms with E-state index in [1.807, 2.05) is 24.4 Å². The predicted octanol–water partition coefficient (Wildman–Crippen LogP) is 1.57. The lowest BCUT2D eigenvalue weighted by atomic mass is 10.2. The van der Waals surface area contributed by atoms with Crippen LogP contribution < -0.4 is 5.73 Å². The summed E-state index contributed by atoms with van der Waals surface area (Å²) in [6.07, 6.45) is 0.598. The van der Waals surface area contributed by atoms with Crippen molar-refractivity contribution >= 4 is 11.3 Å². The third-order valence-corrected chi connectivity index (χ3v) is 3.09. The molecule has 2 heterocycles. The van der Waals surface area contributed by atoms with Crippen LogP contribution >= 0.6 is 11.3 Å². The van der Waals surface area contributed by atoms with Gasteiger partial charge in [-0.25, -0.2) is 4.98 Å². The maximum Gasteiger partial charge on any atom is 0.153 e. The molecular formula is C11H14N2O2S. The highest BCUT2D eigenvalue weighted by Gasteiger charge is 2.10. The van der Waals surface area contributed by atoms with Crippen LogP contribution in [0.4, 0.5) is 0 Å². The Balaban J connectivity index is 2.13. The van der Waals surface area contributed by atoms with E-state index >= 15 is 0 Å². The molecule has 0 radical (unpaired) electrons. The molecule has 4 nitrogen and oxygen atoms in total. The van der Waals surface area contributed by atoms with Gasteiger partial charge in [-0.1, -0.05) is 0 Å². The highest BCUT2D eigenvalue weighted by molar-refractivity contribution is 7.09. The number of hydrogen-bond donors (Lipinski definition) is 2. The van der Waals surface area contributed by atoms with E-state index in [-0.39, 0.29) is 12.6 Å². The summed E-state index contributed by atoms with van der Waals surface area (Å²) >= 11 is 1.54. The number of aliphatic hydroxyl groups excluding tert-OH is 1. The summed E-state index contributed by atoms with van der Waals surface area (Å²) in [5, 5.41) is 11.7. The van der Waals surface area contributed by atoms with Crippen molar-refractivity contribution in [3.63, 3.8) is 0 Å². The number of aromatic nitrogens is 1. The minimum Gasteiger partial charge on any atom is -0.460 e. The lowest BCUT2D eigenvalue weighted by molar-refractivity contribution is 0.265. The number of rotatable bonds is 4. The van der Waals surface area contributed by atoms with E-state index in [2.05, 4.69) is 4.98 Å². The molecule has 0 bridgehead atoms. The average molecular weight is 238 g/mol. The summed E-state index contributed by atoms with van der Waals surface area (Å²) < 4.78 is 5.48. The molecule has 0 saturated heterocycles. The van der Waals surface area contributed by atoms with E-state index in [0.29, 0.717) is 6.42 Å². The zero-order valence-electron chi connectivity index (χ0n) is 9.01. The van der Waals surface area contributed by atoms with Crippen LogP contribution in [0.5, 0.6) is 0 Å². The maximum absolute atomic E-state index is 8.86. The van der Waals surface area contributed by atoms with Gasteiger partial charge < -0.3 is 15.3 Å². The molecule has 0 fully saturated rings. The van der Waals surface area contributed by atoms with Crippen LogP contribution in [-0.4, -0.2) is 22.7 Å². The summed E-state index contributed by atoms with van der Waals surface area (Å²) in [7, 11) is 0. The molecule has 2 rings (SSSR count). The van der Waals surface area contributed by atoms with Crippen molar-refractivity contribution in [2.45, 2.75) is 19.4 Å². The lowest BCUT2D eigenvalue weighted by Gasteiger charge is -2.03. The van der Waals surface area contributed by atoms with Gasteiger partial charge in [0.05, 0.1) is 11.6 Å². The predicted molar refractivity (Wildman–Crippen MR) is 63.3 cm³/mol. The van der Waals surface area contributed by atoms with Crippen LogP contribution in [0.3, 0.4) is 0 Å². The van der Waals surface area contributed by atoms with Crippen molar-refractivity contribution in [2.75, 3.05) is 6.61 Å². The number of nitrogens with zero attached hydrogens (tertiary/aromatic N) is 1. The van der Waals surface area contributed by atoms with Gasteiger partial charge in [0.2, 0.25) is 0 Å². The molecule has 5 heteroatoms. The minimum atomic E-state index is -0.239. The van der Waals surface area contributed by atoms with Crippen LogP contribution in [0.25, 0.3) is 11.5 Å². The fraction of sp³-hybridized carbons (Fsp3) is 0.364. The molecule has 3 N–H and O–H groups in total. The highest BCUT2D eigenvalue weighted by atomic mass is 32.1. The quantitative estimate of drug-likeness (QED) is 0.848. The third-order valence-electron chi connectivity index (χ3n) is 2.22. The van der Waals surface area contributed by atoms with E-state index in [9.17, 15) is 0 Å². The SMILES string of the molecule is Cc1ccc(-c2csc(CC(N)CO)n2)o1. The van der Waals surface area contributed by atoms with Crippen molar-refractivity contribution in [3.05, 3.63) is 28.3 Å². The van der Waals surface area contributed by atoms with Crippen molar-refractivity contribution in [1.82, 2.24) is 4.98 Å². The van der Waals surface area contributed by atoms with Gasteiger partial charge in [0.25, 0.3) is 0 Å². The van der Waals surface area contributed by atoms with Crippen molar-refractivity contribution in [3.8, 4) is 11.5 Å². The Morgan fingerprint density at radius 1 is 1.56 bits per heavy atom. The van der Waals surface area contributed by atoms with Gasteiger partial charge in [0, 0.05) is 17.8 Å². The van der Waals surface area contributed by atoms with Crippen molar-refractivity contribution < 1.29 is 9.52 Å². The second kappa shape index (κ2) is 4.78. The summed E-state index contributed by atoms with van der Waals surface area (Å²) in [6, 6.07) is 3.57. The molecule has 1 atom stereocenters. The molecule has 0 spiro atoms. The Kier molecular flexibility index (Phi) is 3.38. The van der Waals surface area contributed by atoms with E-state index in [1.54, 1.807) is 0 Å². The number of furan rings is 1. The monoisotopic (exact) mass is 238 g/mol. The Bertz CT molecular complexity index is 464. The topological polar surface area (TPSA) is 72.3 Å². The Hall–Kier alpha value is -1.17. The van der Waals surface area contributed by atoms with Gasteiger partial charge in [0.15, 0.2) is 5.76 Å². The summed E-state index contributed by atoms with van der Waals surface area (Å²) in [4.78, 5) is 4.42.